The van der Waals surface area contributed by atoms with Gasteiger partial charge in [0, 0.05) is 16.9 Å². The molecule has 0 atom stereocenters. The van der Waals surface area contributed by atoms with Crippen molar-refractivity contribution >= 4 is 22.9 Å². The Morgan fingerprint density at radius 3 is 2.59 bits per heavy atom. The number of pyridine rings is 1. The quantitative estimate of drug-likeness (QED) is 0.760. The maximum atomic E-state index is 11.9. The van der Waals surface area contributed by atoms with E-state index < -0.39 is 0 Å². The minimum absolute atomic E-state index is 0.0164. The summed E-state index contributed by atoms with van der Waals surface area (Å²) in [5, 5.41) is 4.91. The first-order valence-corrected chi connectivity index (χ1v) is 8.03. The van der Waals surface area contributed by atoms with E-state index in [9.17, 15) is 4.79 Å². The van der Waals surface area contributed by atoms with Crippen LogP contribution < -0.4 is 5.32 Å². The molecule has 0 spiro atoms. The molecule has 22 heavy (non-hydrogen) atoms. The van der Waals surface area contributed by atoms with Crippen molar-refractivity contribution in [2.24, 2.45) is 0 Å². The number of nitrogens with zero attached hydrogens (tertiary/aromatic N) is 1. The molecule has 0 fully saturated rings. The number of aryl methyl sites for hydroxylation is 1. The molecule has 1 N–H and O–H groups in total. The number of benzene rings is 1. The summed E-state index contributed by atoms with van der Waals surface area (Å²) in [4.78, 5) is 17.6. The van der Waals surface area contributed by atoms with Gasteiger partial charge in [0.05, 0.1) is 17.6 Å². The summed E-state index contributed by atoms with van der Waals surface area (Å²) < 4.78 is 0. The Labute approximate surface area is 133 Å². The first kappa shape index (κ1) is 14.5. The third kappa shape index (κ3) is 3.80. The molecule has 2 aromatic heterocycles. The van der Waals surface area contributed by atoms with Gasteiger partial charge in [-0.1, -0.05) is 36.4 Å². The van der Waals surface area contributed by atoms with E-state index in [0.717, 1.165) is 23.4 Å². The first-order valence-electron chi connectivity index (χ1n) is 7.15. The van der Waals surface area contributed by atoms with Gasteiger partial charge in [-0.15, -0.1) is 11.3 Å². The number of amides is 1. The number of carbonyl (C=O) groups is 1. The Hall–Kier alpha value is -2.46. The van der Waals surface area contributed by atoms with Crippen molar-refractivity contribution < 1.29 is 4.79 Å². The fourth-order valence-corrected chi connectivity index (χ4v) is 2.87. The lowest BCUT2D eigenvalue weighted by Crippen LogP contribution is -2.12. The molecule has 3 aromatic rings. The van der Waals surface area contributed by atoms with Crippen LogP contribution >= 0.6 is 11.3 Å². The van der Waals surface area contributed by atoms with E-state index in [4.69, 9.17) is 0 Å². The van der Waals surface area contributed by atoms with Crippen LogP contribution in [0, 0.1) is 0 Å². The molecule has 0 aliphatic carbocycles. The van der Waals surface area contributed by atoms with Crippen molar-refractivity contribution in [2.75, 3.05) is 5.32 Å². The van der Waals surface area contributed by atoms with Gasteiger partial charge < -0.3 is 5.32 Å². The Bertz CT molecular complexity index is 722. The molecule has 0 aliphatic heterocycles. The molecule has 0 radical (unpaired) electrons. The molecule has 1 aromatic carbocycles. The zero-order valence-electron chi connectivity index (χ0n) is 12.0. The summed E-state index contributed by atoms with van der Waals surface area (Å²) in [7, 11) is 0. The lowest BCUT2D eigenvalue weighted by Gasteiger charge is -2.06. The van der Waals surface area contributed by atoms with Crippen LogP contribution in [0.1, 0.15) is 11.3 Å². The van der Waals surface area contributed by atoms with E-state index in [-0.39, 0.29) is 5.91 Å². The van der Waals surface area contributed by atoms with Gasteiger partial charge in [-0.3, -0.25) is 9.78 Å². The maximum Gasteiger partial charge on any atom is 0.224 e. The molecule has 2 heterocycles. The van der Waals surface area contributed by atoms with E-state index in [0.29, 0.717) is 6.42 Å². The van der Waals surface area contributed by atoms with Gasteiger partial charge in [-0.2, -0.15) is 0 Å². The van der Waals surface area contributed by atoms with Crippen molar-refractivity contribution in [3.63, 3.8) is 0 Å². The van der Waals surface area contributed by atoms with Crippen LogP contribution in [0.25, 0.3) is 11.3 Å². The van der Waals surface area contributed by atoms with Crippen molar-refractivity contribution in [3.8, 4) is 11.3 Å². The number of hydrogen-bond donors (Lipinski definition) is 1. The van der Waals surface area contributed by atoms with Crippen LogP contribution in [0.2, 0.25) is 0 Å². The summed E-state index contributed by atoms with van der Waals surface area (Å²) in [5.41, 5.74) is 2.70. The van der Waals surface area contributed by atoms with Crippen LogP contribution in [0.5, 0.6) is 0 Å². The predicted octanol–water partition coefficient (Wildman–Crippen LogP) is 4.38. The highest BCUT2D eigenvalue weighted by Crippen LogP contribution is 2.18. The van der Waals surface area contributed by atoms with Crippen LogP contribution in [0.4, 0.5) is 5.69 Å². The molecule has 0 saturated carbocycles. The Balaban J connectivity index is 1.58. The molecule has 3 rings (SSSR count). The van der Waals surface area contributed by atoms with Crippen LogP contribution in [-0.2, 0) is 11.2 Å². The highest BCUT2D eigenvalue weighted by Gasteiger charge is 2.05. The number of rotatable bonds is 5. The van der Waals surface area contributed by atoms with Gasteiger partial charge >= 0.3 is 0 Å². The topological polar surface area (TPSA) is 42.0 Å². The third-order valence-corrected chi connectivity index (χ3v) is 4.23. The minimum Gasteiger partial charge on any atom is -0.325 e. The monoisotopic (exact) mass is 308 g/mol. The van der Waals surface area contributed by atoms with Crippen LogP contribution in [0.15, 0.2) is 66.2 Å². The summed E-state index contributed by atoms with van der Waals surface area (Å²) in [6.45, 7) is 0. The van der Waals surface area contributed by atoms with Crippen molar-refractivity contribution in [1.29, 1.82) is 0 Å². The van der Waals surface area contributed by atoms with Crippen molar-refractivity contribution in [1.82, 2.24) is 4.98 Å². The molecule has 0 saturated heterocycles. The molecule has 0 unspecified atom stereocenters. The van der Waals surface area contributed by atoms with E-state index in [2.05, 4.69) is 10.3 Å². The van der Waals surface area contributed by atoms with Gasteiger partial charge in [0.25, 0.3) is 0 Å². The molecule has 0 bridgehead atoms. The van der Waals surface area contributed by atoms with Crippen LogP contribution in [0.3, 0.4) is 0 Å². The highest BCUT2D eigenvalue weighted by atomic mass is 32.1. The molecular weight excluding hydrogens is 292 g/mol. The highest BCUT2D eigenvalue weighted by molar-refractivity contribution is 7.09. The molecule has 0 aliphatic rings. The van der Waals surface area contributed by atoms with Gasteiger partial charge in [-0.05, 0) is 30.0 Å². The summed E-state index contributed by atoms with van der Waals surface area (Å²) in [5.74, 6) is 0.0164. The van der Waals surface area contributed by atoms with Gasteiger partial charge in [0.2, 0.25) is 5.91 Å². The standard InChI is InChI=1S/C18H16N2OS/c21-18(11-9-16-7-4-12-22-16)20-15-8-10-17(19-13-15)14-5-2-1-3-6-14/h1-8,10,12-13H,9,11H2,(H,20,21). The number of nitrogens with one attached hydrogen (secondary N) is 1. The maximum absolute atomic E-state index is 11.9. The van der Waals surface area contributed by atoms with Crippen LogP contribution in [-0.4, -0.2) is 10.9 Å². The summed E-state index contributed by atoms with van der Waals surface area (Å²) in [6.07, 6.45) is 2.96. The predicted molar refractivity (Wildman–Crippen MR) is 90.9 cm³/mol. The van der Waals surface area contributed by atoms with E-state index in [1.807, 2.05) is 60.0 Å². The van der Waals surface area contributed by atoms with Gasteiger partial charge in [0.15, 0.2) is 0 Å². The van der Waals surface area contributed by atoms with Crippen molar-refractivity contribution in [3.05, 3.63) is 71.1 Å². The minimum atomic E-state index is 0.0164. The second kappa shape index (κ2) is 7.00. The molecule has 1 amide bonds. The molecule has 110 valence electrons. The Morgan fingerprint density at radius 2 is 1.91 bits per heavy atom. The first-order chi connectivity index (χ1) is 10.8. The lowest BCUT2D eigenvalue weighted by molar-refractivity contribution is -0.116. The fraction of sp³-hybridized carbons (Fsp3) is 0.111. The number of aromatic nitrogens is 1. The summed E-state index contributed by atoms with van der Waals surface area (Å²) >= 11 is 1.68. The Kier molecular flexibility index (Phi) is 4.61. The molecule has 4 heteroatoms. The third-order valence-electron chi connectivity index (χ3n) is 3.30. The second-order valence-electron chi connectivity index (χ2n) is 4.93. The average molecular weight is 308 g/mol. The lowest BCUT2D eigenvalue weighted by atomic mass is 10.1. The smallest absolute Gasteiger partial charge is 0.224 e. The van der Waals surface area contributed by atoms with Gasteiger partial charge in [-0.25, -0.2) is 0 Å². The van der Waals surface area contributed by atoms with Crippen molar-refractivity contribution in [2.45, 2.75) is 12.8 Å². The summed E-state index contributed by atoms with van der Waals surface area (Å²) in [6, 6.07) is 17.8. The Morgan fingerprint density at radius 1 is 1.05 bits per heavy atom. The largest absolute Gasteiger partial charge is 0.325 e. The van der Waals surface area contributed by atoms with Gasteiger partial charge in [0.1, 0.15) is 0 Å². The number of carbonyl (C=O) groups excluding carboxylic acids is 1. The number of hydrogen-bond acceptors (Lipinski definition) is 3. The van der Waals surface area contributed by atoms with E-state index >= 15 is 0 Å². The average Bonchev–Trinajstić information content (AvgIpc) is 3.08. The zero-order chi connectivity index (χ0) is 15.2. The van der Waals surface area contributed by atoms with E-state index in [1.165, 1.54) is 4.88 Å². The SMILES string of the molecule is O=C(CCc1cccs1)Nc1ccc(-c2ccccc2)nc1. The number of thiophene rings is 1. The molecular formula is C18H16N2OS. The zero-order valence-corrected chi connectivity index (χ0v) is 12.8. The fourth-order valence-electron chi connectivity index (χ4n) is 2.16. The second-order valence-corrected chi connectivity index (χ2v) is 5.96. The normalized spacial score (nSPS) is 10.4. The molecule has 3 nitrogen and oxygen atoms in total. The van der Waals surface area contributed by atoms with E-state index in [1.54, 1.807) is 17.5 Å². The number of anilines is 1.